The van der Waals surface area contributed by atoms with Crippen molar-refractivity contribution in [3.63, 3.8) is 0 Å². The van der Waals surface area contributed by atoms with E-state index in [4.69, 9.17) is 4.74 Å². The second-order valence-corrected chi connectivity index (χ2v) is 4.38. The van der Waals surface area contributed by atoms with E-state index in [1.54, 1.807) is 0 Å². The summed E-state index contributed by atoms with van der Waals surface area (Å²) in [6.45, 7) is 2.09. The van der Waals surface area contributed by atoms with E-state index in [1.807, 2.05) is 30.3 Å². The standard InChI is InChI=1S/C15H18O2/c1-2-3-5-10-13-11-14(17-15(13)16)12-8-6-4-7-9-12/h3-9,13-14H,2,10-11H2,1H3/b5-3-/t13-,14+/m0/s1. The number of hydrogen-bond donors (Lipinski definition) is 0. The molecule has 90 valence electrons. The zero-order valence-electron chi connectivity index (χ0n) is 10.1. The lowest BCUT2D eigenvalue weighted by atomic mass is 9.97. The van der Waals surface area contributed by atoms with E-state index in [1.165, 1.54) is 0 Å². The Labute approximate surface area is 102 Å². The third-order valence-electron chi connectivity index (χ3n) is 3.08. The molecule has 0 radical (unpaired) electrons. The minimum absolute atomic E-state index is 0.0306. The number of allylic oxidation sites excluding steroid dienone is 2. The molecule has 0 unspecified atom stereocenters. The number of hydrogen-bond acceptors (Lipinski definition) is 2. The van der Waals surface area contributed by atoms with Crippen molar-refractivity contribution < 1.29 is 9.53 Å². The predicted molar refractivity (Wildman–Crippen MR) is 67.4 cm³/mol. The van der Waals surface area contributed by atoms with Crippen molar-refractivity contribution in [1.29, 1.82) is 0 Å². The summed E-state index contributed by atoms with van der Waals surface area (Å²) < 4.78 is 5.42. The van der Waals surface area contributed by atoms with Gasteiger partial charge >= 0.3 is 5.97 Å². The molecule has 1 saturated heterocycles. The molecule has 0 N–H and O–H groups in total. The van der Waals surface area contributed by atoms with E-state index in [2.05, 4.69) is 19.1 Å². The highest BCUT2D eigenvalue weighted by molar-refractivity contribution is 5.75. The van der Waals surface area contributed by atoms with Gasteiger partial charge in [0.2, 0.25) is 0 Å². The summed E-state index contributed by atoms with van der Waals surface area (Å²) in [5.74, 6) is -0.0254. The third-order valence-corrected chi connectivity index (χ3v) is 3.08. The Kier molecular flexibility index (Phi) is 3.97. The second kappa shape index (κ2) is 5.67. The fraction of sp³-hybridized carbons (Fsp3) is 0.400. The first-order chi connectivity index (χ1) is 8.31. The molecule has 2 nitrogen and oxygen atoms in total. The summed E-state index contributed by atoms with van der Waals surface area (Å²) in [5, 5.41) is 0. The van der Waals surface area contributed by atoms with Crippen LogP contribution < -0.4 is 0 Å². The summed E-state index contributed by atoms with van der Waals surface area (Å²) in [6, 6.07) is 9.97. The summed E-state index contributed by atoms with van der Waals surface area (Å²) in [5.41, 5.74) is 1.10. The van der Waals surface area contributed by atoms with Crippen LogP contribution in [0.3, 0.4) is 0 Å². The predicted octanol–water partition coefficient (Wildman–Crippen LogP) is 3.65. The van der Waals surface area contributed by atoms with E-state index in [-0.39, 0.29) is 18.0 Å². The van der Waals surface area contributed by atoms with Gasteiger partial charge in [0, 0.05) is 6.42 Å². The summed E-state index contributed by atoms with van der Waals surface area (Å²) in [4.78, 5) is 11.7. The van der Waals surface area contributed by atoms with Crippen molar-refractivity contribution in [2.24, 2.45) is 5.92 Å². The van der Waals surface area contributed by atoms with Crippen LogP contribution in [0.2, 0.25) is 0 Å². The van der Waals surface area contributed by atoms with Gasteiger partial charge in [-0.25, -0.2) is 0 Å². The molecule has 1 aromatic rings. The molecule has 0 aliphatic carbocycles. The van der Waals surface area contributed by atoms with Crippen molar-refractivity contribution in [3.05, 3.63) is 48.0 Å². The Hall–Kier alpha value is -1.57. The van der Waals surface area contributed by atoms with Crippen LogP contribution in [-0.2, 0) is 9.53 Å². The maximum atomic E-state index is 11.7. The Morgan fingerprint density at radius 2 is 2.06 bits per heavy atom. The van der Waals surface area contributed by atoms with E-state index < -0.39 is 0 Å². The van der Waals surface area contributed by atoms with Crippen LogP contribution in [0.15, 0.2) is 42.5 Å². The number of esters is 1. The number of carbonyl (C=O) groups excluding carboxylic acids is 1. The normalized spacial score (nSPS) is 24.2. The average molecular weight is 230 g/mol. The van der Waals surface area contributed by atoms with Gasteiger partial charge in [0.1, 0.15) is 6.10 Å². The van der Waals surface area contributed by atoms with E-state index in [9.17, 15) is 4.79 Å². The molecule has 2 atom stereocenters. The quantitative estimate of drug-likeness (QED) is 0.583. The van der Waals surface area contributed by atoms with Crippen molar-refractivity contribution >= 4 is 5.97 Å². The van der Waals surface area contributed by atoms with Crippen molar-refractivity contribution in [1.82, 2.24) is 0 Å². The van der Waals surface area contributed by atoms with Gasteiger partial charge in [-0.1, -0.05) is 49.4 Å². The number of ether oxygens (including phenoxy) is 1. The maximum absolute atomic E-state index is 11.7. The lowest BCUT2D eigenvalue weighted by molar-refractivity contribution is -0.144. The molecule has 0 spiro atoms. The monoisotopic (exact) mass is 230 g/mol. The van der Waals surface area contributed by atoms with Crippen LogP contribution in [0, 0.1) is 5.92 Å². The summed E-state index contributed by atoms with van der Waals surface area (Å²) >= 11 is 0. The molecule has 0 amide bonds. The first-order valence-corrected chi connectivity index (χ1v) is 6.21. The Morgan fingerprint density at radius 3 is 2.76 bits per heavy atom. The lowest BCUT2D eigenvalue weighted by Crippen LogP contribution is -2.05. The molecule has 1 fully saturated rings. The van der Waals surface area contributed by atoms with Crippen LogP contribution in [0.4, 0.5) is 0 Å². The van der Waals surface area contributed by atoms with Crippen molar-refractivity contribution in [2.75, 3.05) is 0 Å². The second-order valence-electron chi connectivity index (χ2n) is 4.38. The van der Waals surface area contributed by atoms with Crippen LogP contribution >= 0.6 is 0 Å². The molecular formula is C15H18O2. The lowest BCUT2D eigenvalue weighted by Gasteiger charge is -2.08. The molecule has 1 aliphatic rings. The van der Waals surface area contributed by atoms with E-state index >= 15 is 0 Å². The van der Waals surface area contributed by atoms with Gasteiger partial charge in [-0.3, -0.25) is 4.79 Å². The number of rotatable bonds is 4. The molecule has 1 aromatic carbocycles. The molecule has 17 heavy (non-hydrogen) atoms. The molecule has 2 heteroatoms. The molecule has 0 aromatic heterocycles. The van der Waals surface area contributed by atoms with E-state index in [0.717, 1.165) is 24.8 Å². The number of benzene rings is 1. The van der Waals surface area contributed by atoms with Gasteiger partial charge in [0.05, 0.1) is 5.92 Å². The van der Waals surface area contributed by atoms with Gasteiger partial charge in [-0.15, -0.1) is 0 Å². The van der Waals surface area contributed by atoms with Gasteiger partial charge < -0.3 is 4.74 Å². The Bertz CT molecular complexity index is 395. The molecular weight excluding hydrogens is 212 g/mol. The zero-order chi connectivity index (χ0) is 12.1. The van der Waals surface area contributed by atoms with Crippen molar-refractivity contribution in [3.8, 4) is 0 Å². The average Bonchev–Trinajstić information content (AvgIpc) is 2.73. The highest BCUT2D eigenvalue weighted by Crippen LogP contribution is 2.35. The minimum atomic E-state index is -0.0559. The topological polar surface area (TPSA) is 26.3 Å². The Morgan fingerprint density at radius 1 is 1.29 bits per heavy atom. The number of carbonyl (C=O) groups is 1. The van der Waals surface area contributed by atoms with Gasteiger partial charge in [0.15, 0.2) is 0 Å². The first kappa shape index (κ1) is 11.9. The highest BCUT2D eigenvalue weighted by atomic mass is 16.5. The molecule has 0 saturated carbocycles. The Balaban J connectivity index is 1.97. The number of cyclic esters (lactones) is 1. The molecule has 2 rings (SSSR count). The molecule has 1 heterocycles. The van der Waals surface area contributed by atoms with Crippen LogP contribution in [-0.4, -0.2) is 5.97 Å². The van der Waals surface area contributed by atoms with Crippen molar-refractivity contribution in [2.45, 2.75) is 32.3 Å². The van der Waals surface area contributed by atoms with Crippen LogP contribution in [0.1, 0.15) is 37.9 Å². The highest BCUT2D eigenvalue weighted by Gasteiger charge is 2.34. The molecule has 1 aliphatic heterocycles. The minimum Gasteiger partial charge on any atom is -0.457 e. The summed E-state index contributed by atoms with van der Waals surface area (Å²) in [7, 11) is 0. The van der Waals surface area contributed by atoms with Gasteiger partial charge in [-0.2, -0.15) is 0 Å². The SMILES string of the molecule is CC/C=C\C[C@H]1C[C@H](c2ccccc2)OC1=O. The third kappa shape index (κ3) is 2.96. The zero-order valence-corrected chi connectivity index (χ0v) is 10.1. The van der Waals surface area contributed by atoms with E-state index in [0.29, 0.717) is 0 Å². The first-order valence-electron chi connectivity index (χ1n) is 6.21. The summed E-state index contributed by atoms with van der Waals surface area (Å²) in [6.07, 6.45) is 6.75. The van der Waals surface area contributed by atoms with Crippen LogP contribution in [0.5, 0.6) is 0 Å². The fourth-order valence-electron chi connectivity index (χ4n) is 2.13. The maximum Gasteiger partial charge on any atom is 0.310 e. The van der Waals surface area contributed by atoms with Gasteiger partial charge in [0.25, 0.3) is 0 Å². The largest absolute Gasteiger partial charge is 0.457 e. The van der Waals surface area contributed by atoms with Gasteiger partial charge in [-0.05, 0) is 18.4 Å². The molecule has 0 bridgehead atoms. The smallest absolute Gasteiger partial charge is 0.310 e. The fourth-order valence-corrected chi connectivity index (χ4v) is 2.13. The van der Waals surface area contributed by atoms with Crippen LogP contribution in [0.25, 0.3) is 0 Å².